The molecule has 1 aromatic heterocycles. The van der Waals surface area contributed by atoms with Crippen LogP contribution in [0.4, 0.5) is 0 Å². The van der Waals surface area contributed by atoms with Crippen molar-refractivity contribution >= 4 is 17.5 Å². The molecule has 2 rings (SSSR count). The Bertz CT molecular complexity index is 279. The Morgan fingerprint density at radius 3 is 3.00 bits per heavy atom. The second-order valence-corrected chi connectivity index (χ2v) is 4.50. The topological polar surface area (TPSA) is 30.2 Å². The molecule has 0 radical (unpaired) electrons. The van der Waals surface area contributed by atoms with E-state index in [4.69, 9.17) is 4.42 Å². The number of carbonyl (C=O) groups is 1. The average molecular weight is 182 g/mol. The van der Waals surface area contributed by atoms with Crippen LogP contribution in [0.2, 0.25) is 0 Å². The highest BCUT2D eigenvalue weighted by molar-refractivity contribution is 8.01. The molecule has 1 aliphatic rings. The van der Waals surface area contributed by atoms with Crippen LogP contribution in [-0.4, -0.2) is 11.0 Å². The van der Waals surface area contributed by atoms with Gasteiger partial charge in [-0.3, -0.25) is 4.79 Å². The summed E-state index contributed by atoms with van der Waals surface area (Å²) in [4.78, 5) is 11.2. The zero-order chi connectivity index (χ0) is 8.55. The summed E-state index contributed by atoms with van der Waals surface area (Å²) in [7, 11) is 0. The third kappa shape index (κ3) is 1.29. The molecule has 2 atom stereocenters. The minimum Gasteiger partial charge on any atom is -0.468 e. The first-order chi connectivity index (χ1) is 5.77. The van der Waals surface area contributed by atoms with E-state index in [0.717, 1.165) is 5.76 Å². The van der Waals surface area contributed by atoms with Crippen molar-refractivity contribution in [2.75, 3.05) is 0 Å². The monoisotopic (exact) mass is 182 g/mol. The lowest BCUT2D eigenvalue weighted by atomic mass is 10.1. The molecule has 0 aliphatic carbocycles. The number of furan rings is 1. The lowest BCUT2D eigenvalue weighted by Crippen LogP contribution is -2.03. The van der Waals surface area contributed by atoms with Gasteiger partial charge in [-0.15, -0.1) is 11.8 Å². The maximum atomic E-state index is 11.2. The van der Waals surface area contributed by atoms with E-state index in [1.54, 1.807) is 18.0 Å². The normalized spacial score (nSPS) is 29.6. The molecule has 0 saturated carbocycles. The summed E-state index contributed by atoms with van der Waals surface area (Å²) in [5.74, 6) is 1.26. The Kier molecular flexibility index (Phi) is 1.97. The number of hydrogen-bond acceptors (Lipinski definition) is 3. The van der Waals surface area contributed by atoms with Gasteiger partial charge < -0.3 is 4.42 Å². The molecule has 0 aromatic carbocycles. The van der Waals surface area contributed by atoms with Gasteiger partial charge in [0.2, 0.25) is 0 Å². The van der Waals surface area contributed by atoms with Crippen LogP contribution in [-0.2, 0) is 4.79 Å². The molecule has 12 heavy (non-hydrogen) atoms. The summed E-state index contributed by atoms with van der Waals surface area (Å²) < 4.78 is 5.24. The van der Waals surface area contributed by atoms with Gasteiger partial charge in [0.25, 0.3) is 0 Å². The molecule has 0 N–H and O–H groups in total. The Hall–Kier alpha value is -0.700. The van der Waals surface area contributed by atoms with Gasteiger partial charge >= 0.3 is 0 Å². The Labute approximate surface area is 75.3 Å². The van der Waals surface area contributed by atoms with Crippen molar-refractivity contribution in [1.29, 1.82) is 0 Å². The van der Waals surface area contributed by atoms with Crippen LogP contribution in [0.1, 0.15) is 24.4 Å². The van der Waals surface area contributed by atoms with Crippen LogP contribution in [0.15, 0.2) is 22.8 Å². The van der Waals surface area contributed by atoms with Gasteiger partial charge in [0.1, 0.15) is 11.5 Å². The maximum absolute atomic E-state index is 11.2. The first-order valence-electron chi connectivity index (χ1n) is 3.99. The molecular formula is C9H10O2S. The summed E-state index contributed by atoms with van der Waals surface area (Å²) >= 11 is 1.69. The molecule has 1 saturated heterocycles. The SMILES string of the molecule is CC1SC(c2ccco2)CC1=O. The summed E-state index contributed by atoms with van der Waals surface area (Å²) in [6, 6.07) is 3.80. The third-order valence-corrected chi connectivity index (χ3v) is 3.47. The van der Waals surface area contributed by atoms with Crippen LogP contribution >= 0.6 is 11.8 Å². The quantitative estimate of drug-likeness (QED) is 0.668. The number of ketones is 1. The maximum Gasteiger partial charge on any atom is 0.147 e. The molecule has 3 heteroatoms. The van der Waals surface area contributed by atoms with Crippen LogP contribution < -0.4 is 0 Å². The molecule has 2 unspecified atom stereocenters. The smallest absolute Gasteiger partial charge is 0.147 e. The highest BCUT2D eigenvalue weighted by Gasteiger charge is 2.32. The lowest BCUT2D eigenvalue weighted by Gasteiger charge is -2.02. The van der Waals surface area contributed by atoms with Crippen molar-refractivity contribution in [3.8, 4) is 0 Å². The van der Waals surface area contributed by atoms with Gasteiger partial charge in [-0.1, -0.05) is 0 Å². The van der Waals surface area contributed by atoms with Crippen LogP contribution in [0.5, 0.6) is 0 Å². The molecule has 1 fully saturated rings. The molecular weight excluding hydrogens is 172 g/mol. The first-order valence-corrected chi connectivity index (χ1v) is 4.93. The van der Waals surface area contributed by atoms with E-state index < -0.39 is 0 Å². The van der Waals surface area contributed by atoms with Crippen molar-refractivity contribution in [3.63, 3.8) is 0 Å². The fourth-order valence-electron chi connectivity index (χ4n) is 1.36. The molecule has 1 aromatic rings. The minimum atomic E-state index is 0.139. The zero-order valence-corrected chi connectivity index (χ0v) is 7.64. The van der Waals surface area contributed by atoms with E-state index in [1.165, 1.54) is 0 Å². The number of thioether (sulfide) groups is 1. The second-order valence-electron chi connectivity index (χ2n) is 2.95. The van der Waals surface area contributed by atoms with Gasteiger partial charge in [-0.05, 0) is 19.1 Å². The summed E-state index contributed by atoms with van der Waals surface area (Å²) in [6.45, 7) is 1.95. The van der Waals surface area contributed by atoms with E-state index in [0.29, 0.717) is 12.2 Å². The molecule has 0 bridgehead atoms. The predicted octanol–water partition coefficient (Wildman–Crippen LogP) is 2.42. The van der Waals surface area contributed by atoms with Crippen molar-refractivity contribution in [1.82, 2.24) is 0 Å². The van der Waals surface area contributed by atoms with Crippen LogP contribution in [0, 0.1) is 0 Å². The zero-order valence-electron chi connectivity index (χ0n) is 6.82. The standard InChI is InChI=1S/C9H10O2S/c1-6-7(10)5-9(12-6)8-3-2-4-11-8/h2-4,6,9H,5H2,1H3. The summed E-state index contributed by atoms with van der Waals surface area (Å²) in [5.41, 5.74) is 0. The summed E-state index contributed by atoms with van der Waals surface area (Å²) in [6.07, 6.45) is 2.28. The van der Waals surface area contributed by atoms with E-state index in [-0.39, 0.29) is 10.5 Å². The number of hydrogen-bond donors (Lipinski definition) is 0. The van der Waals surface area contributed by atoms with E-state index in [2.05, 4.69) is 0 Å². The van der Waals surface area contributed by atoms with Gasteiger partial charge in [-0.25, -0.2) is 0 Å². The van der Waals surface area contributed by atoms with E-state index in [9.17, 15) is 4.79 Å². The Balaban J connectivity index is 2.14. The van der Waals surface area contributed by atoms with E-state index in [1.807, 2.05) is 19.1 Å². The van der Waals surface area contributed by atoms with Crippen molar-refractivity contribution in [2.45, 2.75) is 23.8 Å². The van der Waals surface area contributed by atoms with Crippen LogP contribution in [0.3, 0.4) is 0 Å². The average Bonchev–Trinajstić information content (AvgIpc) is 2.61. The fourth-order valence-corrected chi connectivity index (χ4v) is 2.63. The first kappa shape index (κ1) is 7.92. The fraction of sp³-hybridized carbons (Fsp3) is 0.444. The largest absolute Gasteiger partial charge is 0.468 e. The van der Waals surface area contributed by atoms with Gasteiger partial charge in [-0.2, -0.15) is 0 Å². The molecule has 0 spiro atoms. The summed E-state index contributed by atoms with van der Waals surface area (Å²) in [5, 5.41) is 0.391. The molecule has 64 valence electrons. The highest BCUT2D eigenvalue weighted by atomic mass is 32.2. The second kappa shape index (κ2) is 2.98. The van der Waals surface area contributed by atoms with Crippen molar-refractivity contribution in [2.24, 2.45) is 0 Å². The molecule has 0 amide bonds. The molecule has 2 heterocycles. The predicted molar refractivity (Wildman–Crippen MR) is 48.1 cm³/mol. The molecule has 1 aliphatic heterocycles. The van der Waals surface area contributed by atoms with Crippen molar-refractivity contribution in [3.05, 3.63) is 24.2 Å². The lowest BCUT2D eigenvalue weighted by molar-refractivity contribution is -0.117. The number of rotatable bonds is 1. The molecule has 2 nitrogen and oxygen atoms in total. The van der Waals surface area contributed by atoms with Crippen molar-refractivity contribution < 1.29 is 9.21 Å². The third-order valence-electron chi connectivity index (χ3n) is 2.07. The Morgan fingerprint density at radius 1 is 1.67 bits per heavy atom. The van der Waals surface area contributed by atoms with Gasteiger partial charge in [0.05, 0.1) is 16.8 Å². The van der Waals surface area contributed by atoms with Gasteiger partial charge in [0.15, 0.2) is 0 Å². The highest BCUT2D eigenvalue weighted by Crippen LogP contribution is 2.42. The Morgan fingerprint density at radius 2 is 2.50 bits per heavy atom. The minimum absolute atomic E-state index is 0.139. The van der Waals surface area contributed by atoms with Crippen LogP contribution in [0.25, 0.3) is 0 Å². The van der Waals surface area contributed by atoms with E-state index >= 15 is 0 Å². The van der Waals surface area contributed by atoms with Gasteiger partial charge in [0, 0.05) is 6.42 Å². The number of carbonyl (C=O) groups excluding carboxylic acids is 1. The number of Topliss-reactive ketones (excluding diaryl/α,β-unsaturated/α-hetero) is 1.